The summed E-state index contributed by atoms with van der Waals surface area (Å²) in [7, 11) is 5.41. The van der Waals surface area contributed by atoms with Crippen molar-refractivity contribution in [2.24, 2.45) is 5.92 Å². The Bertz CT molecular complexity index is 401. The fourth-order valence-corrected chi connectivity index (χ4v) is 2.85. The van der Waals surface area contributed by atoms with Gasteiger partial charge >= 0.3 is 0 Å². The second-order valence-corrected chi connectivity index (χ2v) is 5.42. The summed E-state index contributed by atoms with van der Waals surface area (Å²) in [6.45, 7) is 3.38. The van der Waals surface area contributed by atoms with Crippen LogP contribution in [0.5, 0.6) is 11.5 Å². The Morgan fingerprint density at radius 3 is 2.50 bits per heavy atom. The quantitative estimate of drug-likeness (QED) is 0.777. The molecule has 0 amide bonds. The molecule has 1 aromatic carbocycles. The lowest BCUT2D eigenvalue weighted by Gasteiger charge is -2.20. The van der Waals surface area contributed by atoms with Crippen molar-refractivity contribution in [3.63, 3.8) is 0 Å². The van der Waals surface area contributed by atoms with Crippen LogP contribution in [0.2, 0.25) is 0 Å². The Kier molecular flexibility index (Phi) is 5.53. The number of nitrogens with one attached hydrogen (secondary N) is 1. The van der Waals surface area contributed by atoms with Crippen molar-refractivity contribution >= 4 is 5.69 Å². The monoisotopic (exact) mass is 278 g/mol. The third-order valence-corrected chi connectivity index (χ3v) is 4.03. The first-order valence-electron chi connectivity index (χ1n) is 7.39. The van der Waals surface area contributed by atoms with Crippen molar-refractivity contribution in [3.05, 3.63) is 18.2 Å². The van der Waals surface area contributed by atoms with Crippen molar-refractivity contribution in [2.45, 2.75) is 19.3 Å². The SMILES string of the molecule is CNCCCC1CCN(c2cc(OC)cc(OC)c2)C1. The van der Waals surface area contributed by atoms with Crippen LogP contribution < -0.4 is 19.7 Å². The van der Waals surface area contributed by atoms with Crippen molar-refractivity contribution in [2.75, 3.05) is 45.8 Å². The van der Waals surface area contributed by atoms with E-state index >= 15 is 0 Å². The number of benzene rings is 1. The van der Waals surface area contributed by atoms with Gasteiger partial charge in [0.15, 0.2) is 0 Å². The summed E-state index contributed by atoms with van der Waals surface area (Å²) in [6, 6.07) is 6.11. The van der Waals surface area contributed by atoms with Crippen LogP contribution >= 0.6 is 0 Å². The van der Waals surface area contributed by atoms with Crippen LogP contribution in [0.15, 0.2) is 18.2 Å². The average Bonchev–Trinajstić information content (AvgIpc) is 2.96. The summed E-state index contributed by atoms with van der Waals surface area (Å²) in [5.74, 6) is 2.52. The van der Waals surface area contributed by atoms with Crippen LogP contribution in [0.4, 0.5) is 5.69 Å². The molecule has 0 aromatic heterocycles. The maximum Gasteiger partial charge on any atom is 0.124 e. The van der Waals surface area contributed by atoms with Gasteiger partial charge in [0.1, 0.15) is 11.5 Å². The molecular formula is C16H26N2O2. The third kappa shape index (κ3) is 3.79. The summed E-state index contributed by atoms with van der Waals surface area (Å²) in [6.07, 6.45) is 3.85. The molecule has 20 heavy (non-hydrogen) atoms. The number of ether oxygens (including phenoxy) is 2. The van der Waals surface area contributed by atoms with E-state index in [4.69, 9.17) is 9.47 Å². The van der Waals surface area contributed by atoms with Gasteiger partial charge in [-0.05, 0) is 38.8 Å². The molecule has 2 rings (SSSR count). The fourth-order valence-electron chi connectivity index (χ4n) is 2.85. The van der Waals surface area contributed by atoms with E-state index in [9.17, 15) is 0 Å². The number of hydrogen-bond acceptors (Lipinski definition) is 4. The van der Waals surface area contributed by atoms with E-state index in [1.807, 2.05) is 13.1 Å². The van der Waals surface area contributed by atoms with Crippen molar-refractivity contribution < 1.29 is 9.47 Å². The first kappa shape index (κ1) is 15.0. The normalized spacial score (nSPS) is 18.4. The molecule has 1 aliphatic heterocycles. The number of anilines is 1. The molecule has 112 valence electrons. The molecule has 1 aliphatic rings. The summed E-state index contributed by atoms with van der Waals surface area (Å²) < 4.78 is 10.7. The van der Waals surface area contributed by atoms with E-state index in [0.29, 0.717) is 0 Å². The molecule has 1 N–H and O–H groups in total. The minimum absolute atomic E-state index is 0.806. The van der Waals surface area contributed by atoms with Crippen LogP contribution in [0.3, 0.4) is 0 Å². The highest BCUT2D eigenvalue weighted by molar-refractivity contribution is 5.56. The van der Waals surface area contributed by atoms with E-state index in [0.717, 1.165) is 37.1 Å². The highest BCUT2D eigenvalue weighted by atomic mass is 16.5. The molecule has 1 aromatic rings. The zero-order valence-corrected chi connectivity index (χ0v) is 12.8. The predicted octanol–water partition coefficient (Wildman–Crippen LogP) is 2.53. The number of rotatable bonds is 7. The fraction of sp³-hybridized carbons (Fsp3) is 0.625. The Balaban J connectivity index is 1.98. The average molecular weight is 278 g/mol. The van der Waals surface area contributed by atoms with E-state index < -0.39 is 0 Å². The first-order valence-corrected chi connectivity index (χ1v) is 7.39. The molecular weight excluding hydrogens is 252 g/mol. The minimum Gasteiger partial charge on any atom is -0.497 e. The van der Waals surface area contributed by atoms with E-state index in [1.54, 1.807) is 14.2 Å². The lowest BCUT2D eigenvalue weighted by molar-refractivity contribution is 0.394. The molecule has 0 bridgehead atoms. The van der Waals surface area contributed by atoms with Gasteiger partial charge in [-0.1, -0.05) is 0 Å². The maximum atomic E-state index is 5.35. The van der Waals surface area contributed by atoms with Gasteiger partial charge in [0.05, 0.1) is 14.2 Å². The van der Waals surface area contributed by atoms with Crippen molar-refractivity contribution in [3.8, 4) is 11.5 Å². The summed E-state index contributed by atoms with van der Waals surface area (Å²) in [5.41, 5.74) is 1.21. The van der Waals surface area contributed by atoms with Gasteiger partial charge in [-0.2, -0.15) is 0 Å². The Morgan fingerprint density at radius 1 is 1.20 bits per heavy atom. The van der Waals surface area contributed by atoms with E-state index in [2.05, 4.69) is 22.3 Å². The van der Waals surface area contributed by atoms with Gasteiger partial charge in [-0.3, -0.25) is 0 Å². The molecule has 1 heterocycles. The van der Waals surface area contributed by atoms with Crippen molar-refractivity contribution in [1.82, 2.24) is 5.32 Å². The van der Waals surface area contributed by atoms with Crippen LogP contribution in [0.1, 0.15) is 19.3 Å². The van der Waals surface area contributed by atoms with Crippen LogP contribution in [-0.4, -0.2) is 40.9 Å². The molecule has 0 saturated carbocycles. The molecule has 4 nitrogen and oxygen atoms in total. The molecule has 4 heteroatoms. The Labute approximate surface area is 122 Å². The summed E-state index contributed by atoms with van der Waals surface area (Å²) in [5, 5.41) is 3.22. The summed E-state index contributed by atoms with van der Waals surface area (Å²) in [4.78, 5) is 2.44. The molecule has 1 saturated heterocycles. The van der Waals surface area contributed by atoms with E-state index in [1.165, 1.54) is 24.9 Å². The van der Waals surface area contributed by atoms with Crippen LogP contribution in [-0.2, 0) is 0 Å². The highest BCUT2D eigenvalue weighted by Crippen LogP contribution is 2.32. The van der Waals surface area contributed by atoms with Crippen LogP contribution in [0, 0.1) is 5.92 Å². The van der Waals surface area contributed by atoms with Gasteiger partial charge in [-0.15, -0.1) is 0 Å². The standard InChI is InChI=1S/C16H26N2O2/c1-17-7-4-5-13-6-8-18(12-13)14-9-15(19-2)11-16(10-14)20-3/h9-11,13,17H,4-8,12H2,1-3H3. The van der Waals surface area contributed by atoms with Gasteiger partial charge in [-0.25, -0.2) is 0 Å². The lowest BCUT2D eigenvalue weighted by Crippen LogP contribution is -2.20. The lowest BCUT2D eigenvalue weighted by atomic mass is 10.0. The smallest absolute Gasteiger partial charge is 0.124 e. The molecule has 0 aliphatic carbocycles. The van der Waals surface area contributed by atoms with Gasteiger partial charge < -0.3 is 19.7 Å². The maximum absolute atomic E-state index is 5.35. The molecule has 1 fully saturated rings. The molecule has 1 unspecified atom stereocenters. The minimum atomic E-state index is 0.806. The van der Waals surface area contributed by atoms with Crippen molar-refractivity contribution in [1.29, 1.82) is 0 Å². The Morgan fingerprint density at radius 2 is 1.90 bits per heavy atom. The Hall–Kier alpha value is -1.42. The van der Waals surface area contributed by atoms with Gasteiger partial charge in [0.2, 0.25) is 0 Å². The second-order valence-electron chi connectivity index (χ2n) is 5.42. The number of nitrogens with zero attached hydrogens (tertiary/aromatic N) is 1. The highest BCUT2D eigenvalue weighted by Gasteiger charge is 2.23. The molecule has 0 radical (unpaired) electrons. The molecule has 1 atom stereocenters. The predicted molar refractivity (Wildman–Crippen MR) is 83.0 cm³/mol. The second kappa shape index (κ2) is 7.39. The molecule has 0 spiro atoms. The number of methoxy groups -OCH3 is 2. The first-order chi connectivity index (χ1) is 9.76. The van der Waals surface area contributed by atoms with Crippen LogP contribution in [0.25, 0.3) is 0 Å². The third-order valence-electron chi connectivity index (χ3n) is 4.03. The van der Waals surface area contributed by atoms with E-state index in [-0.39, 0.29) is 0 Å². The number of hydrogen-bond donors (Lipinski definition) is 1. The van der Waals surface area contributed by atoms with Gasteiger partial charge in [0, 0.05) is 37.0 Å². The zero-order valence-electron chi connectivity index (χ0n) is 12.8. The van der Waals surface area contributed by atoms with Gasteiger partial charge in [0.25, 0.3) is 0 Å². The zero-order chi connectivity index (χ0) is 14.4. The summed E-state index contributed by atoms with van der Waals surface area (Å²) >= 11 is 0. The topological polar surface area (TPSA) is 33.7 Å². The largest absolute Gasteiger partial charge is 0.497 e.